The second kappa shape index (κ2) is 11.0. The van der Waals surface area contributed by atoms with Crippen LogP contribution in [0.25, 0.3) is 0 Å². The number of hydrogen-bond acceptors (Lipinski definition) is 5. The number of carbonyl (C=O) groups is 2. The molecule has 8 nitrogen and oxygen atoms in total. The number of nitrogens with zero attached hydrogens (tertiary/aromatic N) is 1. The van der Waals surface area contributed by atoms with Gasteiger partial charge in [-0.15, -0.1) is 0 Å². The molecule has 1 saturated heterocycles. The number of alkyl halides is 3. The van der Waals surface area contributed by atoms with E-state index in [1.165, 1.54) is 12.1 Å². The minimum atomic E-state index is -5.08. The number of benzene rings is 2. The fourth-order valence-electron chi connectivity index (χ4n) is 3.36. The van der Waals surface area contributed by atoms with Crippen LogP contribution in [-0.2, 0) is 14.8 Å². The molecule has 1 aliphatic rings. The molecule has 0 aromatic heterocycles. The molecule has 0 aliphatic carbocycles. The predicted octanol–water partition coefficient (Wildman–Crippen LogP) is 4.67. The van der Waals surface area contributed by atoms with Gasteiger partial charge in [0.2, 0.25) is 0 Å². The molecule has 1 heterocycles. The SMILES string of the molecule is Cc1ccc(S(=O)(=O)Nc2cc(C(=O)O)ccc2N2CCC(C)CC2)cc1C.O=C(O)C(F)(F)F. The zero-order valence-electron chi connectivity index (χ0n) is 19.4. The molecule has 0 bridgehead atoms. The van der Waals surface area contributed by atoms with Gasteiger partial charge in [-0.2, -0.15) is 13.2 Å². The standard InChI is InChI=1S/C21H26N2O4S.C2HF3O2/c1-14-8-10-23(11-9-14)20-7-5-17(21(24)25)13-19(20)22-28(26,27)18-6-4-15(2)16(3)12-18;3-2(4,5)1(6)7/h4-7,12-14,22H,8-11H2,1-3H3,(H,24,25);(H,6,7). The molecule has 1 fully saturated rings. The normalized spacial score (nSPS) is 14.6. The van der Waals surface area contributed by atoms with Crippen molar-refractivity contribution in [1.82, 2.24) is 0 Å². The largest absolute Gasteiger partial charge is 0.490 e. The Balaban J connectivity index is 0.000000540. The number of hydrogen-bond donors (Lipinski definition) is 3. The fourth-order valence-corrected chi connectivity index (χ4v) is 4.51. The molecule has 0 atom stereocenters. The van der Waals surface area contributed by atoms with Gasteiger partial charge < -0.3 is 15.1 Å². The molecule has 35 heavy (non-hydrogen) atoms. The lowest BCUT2D eigenvalue weighted by Crippen LogP contribution is -2.33. The number of aliphatic carboxylic acids is 1. The summed E-state index contributed by atoms with van der Waals surface area (Å²) in [6.07, 6.45) is -3.05. The number of rotatable bonds is 5. The quantitative estimate of drug-likeness (QED) is 0.528. The number of nitrogens with one attached hydrogen (secondary N) is 1. The molecule has 3 N–H and O–H groups in total. The fraction of sp³-hybridized carbons (Fsp3) is 0.391. The highest BCUT2D eigenvalue weighted by molar-refractivity contribution is 7.92. The van der Waals surface area contributed by atoms with Gasteiger partial charge in [-0.25, -0.2) is 18.0 Å². The summed E-state index contributed by atoms with van der Waals surface area (Å²) >= 11 is 0. The molecule has 3 rings (SSSR count). The smallest absolute Gasteiger partial charge is 0.478 e. The molecule has 2 aromatic rings. The van der Waals surface area contributed by atoms with Gasteiger partial charge in [0.1, 0.15) is 0 Å². The van der Waals surface area contributed by atoms with Gasteiger partial charge in [0.15, 0.2) is 0 Å². The van der Waals surface area contributed by atoms with Gasteiger partial charge >= 0.3 is 18.1 Å². The van der Waals surface area contributed by atoms with Gasteiger partial charge in [-0.3, -0.25) is 4.72 Å². The van der Waals surface area contributed by atoms with Crippen LogP contribution in [0.3, 0.4) is 0 Å². The van der Waals surface area contributed by atoms with Gasteiger partial charge in [0.25, 0.3) is 10.0 Å². The summed E-state index contributed by atoms with van der Waals surface area (Å²) in [5.74, 6) is -3.22. The Bertz CT molecular complexity index is 1190. The monoisotopic (exact) mass is 516 g/mol. The number of aryl methyl sites for hydroxylation is 2. The first-order valence-electron chi connectivity index (χ1n) is 10.6. The number of aromatic carboxylic acids is 1. The Morgan fingerprint density at radius 1 is 1.00 bits per heavy atom. The maximum absolute atomic E-state index is 13.0. The van der Waals surface area contributed by atoms with Crippen LogP contribution in [0.15, 0.2) is 41.3 Å². The summed E-state index contributed by atoms with van der Waals surface area (Å²) in [6.45, 7) is 7.61. The molecule has 192 valence electrons. The topological polar surface area (TPSA) is 124 Å². The molecule has 12 heteroatoms. The van der Waals surface area contributed by atoms with E-state index >= 15 is 0 Å². The van der Waals surface area contributed by atoms with E-state index in [9.17, 15) is 31.5 Å². The zero-order chi connectivity index (χ0) is 26.6. The predicted molar refractivity (Wildman–Crippen MR) is 124 cm³/mol. The van der Waals surface area contributed by atoms with E-state index in [2.05, 4.69) is 16.5 Å². The molecule has 0 unspecified atom stereocenters. The van der Waals surface area contributed by atoms with Crippen molar-refractivity contribution in [3.05, 3.63) is 53.1 Å². The summed E-state index contributed by atoms with van der Waals surface area (Å²) in [7, 11) is -3.84. The molecule has 0 radical (unpaired) electrons. The number of piperidine rings is 1. The van der Waals surface area contributed by atoms with Gasteiger partial charge in [-0.1, -0.05) is 13.0 Å². The average molecular weight is 517 g/mol. The lowest BCUT2D eigenvalue weighted by Gasteiger charge is -2.33. The Hall–Kier alpha value is -3.28. The number of halogens is 3. The number of anilines is 2. The van der Waals surface area contributed by atoms with Crippen molar-refractivity contribution in [2.24, 2.45) is 5.92 Å². The first-order chi connectivity index (χ1) is 16.1. The third-order valence-corrected chi connectivity index (χ3v) is 7.01. The highest BCUT2D eigenvalue weighted by Crippen LogP contribution is 2.32. The van der Waals surface area contributed by atoms with Crippen LogP contribution in [-0.4, -0.2) is 49.8 Å². The second-order valence-electron chi connectivity index (χ2n) is 8.36. The number of carboxylic acid groups (broad SMARTS) is 2. The van der Waals surface area contributed by atoms with Crippen molar-refractivity contribution in [2.75, 3.05) is 22.7 Å². The minimum Gasteiger partial charge on any atom is -0.478 e. The van der Waals surface area contributed by atoms with E-state index in [1.807, 2.05) is 13.8 Å². The van der Waals surface area contributed by atoms with Gasteiger partial charge in [-0.05, 0) is 74.1 Å². The Labute approximate surface area is 201 Å². The van der Waals surface area contributed by atoms with Gasteiger partial charge in [0.05, 0.1) is 21.8 Å². The first-order valence-corrected chi connectivity index (χ1v) is 12.1. The molecule has 0 spiro atoms. The van der Waals surface area contributed by atoms with E-state index in [0.29, 0.717) is 17.3 Å². The summed E-state index contributed by atoms with van der Waals surface area (Å²) < 4.78 is 60.3. The van der Waals surface area contributed by atoms with E-state index < -0.39 is 28.1 Å². The van der Waals surface area contributed by atoms with Crippen LogP contribution in [0.2, 0.25) is 0 Å². The first kappa shape index (κ1) is 28.0. The minimum absolute atomic E-state index is 0.0481. The number of carboxylic acids is 2. The summed E-state index contributed by atoms with van der Waals surface area (Å²) in [6, 6.07) is 9.56. The van der Waals surface area contributed by atoms with Crippen molar-refractivity contribution >= 4 is 33.3 Å². The summed E-state index contributed by atoms with van der Waals surface area (Å²) in [5, 5.41) is 16.5. The summed E-state index contributed by atoms with van der Waals surface area (Å²) in [5.41, 5.74) is 2.95. The lowest BCUT2D eigenvalue weighted by atomic mass is 9.98. The van der Waals surface area contributed by atoms with Crippen molar-refractivity contribution in [1.29, 1.82) is 0 Å². The maximum atomic E-state index is 13.0. The van der Waals surface area contributed by atoms with Crippen LogP contribution in [0.5, 0.6) is 0 Å². The second-order valence-corrected chi connectivity index (χ2v) is 10.0. The van der Waals surface area contributed by atoms with Crippen LogP contribution in [0.4, 0.5) is 24.5 Å². The van der Waals surface area contributed by atoms with Crippen molar-refractivity contribution in [3.63, 3.8) is 0 Å². The van der Waals surface area contributed by atoms with Crippen molar-refractivity contribution < 1.29 is 41.4 Å². The highest BCUT2D eigenvalue weighted by Gasteiger charge is 2.38. The zero-order valence-corrected chi connectivity index (χ0v) is 20.2. The highest BCUT2D eigenvalue weighted by atomic mass is 32.2. The maximum Gasteiger partial charge on any atom is 0.490 e. The van der Waals surface area contributed by atoms with Crippen LogP contribution < -0.4 is 9.62 Å². The van der Waals surface area contributed by atoms with Crippen molar-refractivity contribution in [3.8, 4) is 0 Å². The van der Waals surface area contributed by atoms with E-state index in [1.54, 1.807) is 24.3 Å². The van der Waals surface area contributed by atoms with Crippen molar-refractivity contribution in [2.45, 2.75) is 44.7 Å². The van der Waals surface area contributed by atoms with Crippen LogP contribution in [0.1, 0.15) is 41.3 Å². The van der Waals surface area contributed by atoms with Crippen LogP contribution >= 0.6 is 0 Å². The third kappa shape index (κ3) is 7.61. The molecule has 1 aliphatic heterocycles. The van der Waals surface area contributed by atoms with E-state index in [-0.39, 0.29) is 10.5 Å². The molecular formula is C23H27F3N2O6S. The molecule has 2 aromatic carbocycles. The Morgan fingerprint density at radius 2 is 1.57 bits per heavy atom. The molecule has 0 amide bonds. The van der Waals surface area contributed by atoms with E-state index in [0.717, 1.165) is 37.1 Å². The average Bonchev–Trinajstić information content (AvgIpc) is 2.75. The number of sulfonamides is 1. The Kier molecular flexibility index (Phi) is 8.77. The third-order valence-electron chi connectivity index (χ3n) is 5.64. The lowest BCUT2D eigenvalue weighted by molar-refractivity contribution is -0.192. The molecule has 0 saturated carbocycles. The Morgan fingerprint density at radius 3 is 2.06 bits per heavy atom. The van der Waals surface area contributed by atoms with Gasteiger partial charge in [0, 0.05) is 13.1 Å². The van der Waals surface area contributed by atoms with Crippen LogP contribution in [0, 0.1) is 19.8 Å². The van der Waals surface area contributed by atoms with E-state index in [4.69, 9.17) is 9.90 Å². The summed E-state index contributed by atoms with van der Waals surface area (Å²) in [4.78, 5) is 22.6. The molecular weight excluding hydrogens is 489 g/mol.